The molecular formula is C12H12N2O2S. The van der Waals surface area contributed by atoms with Crippen molar-refractivity contribution in [1.29, 1.82) is 0 Å². The largest absolute Gasteiger partial charge is 0.508 e. The summed E-state index contributed by atoms with van der Waals surface area (Å²) in [4.78, 5) is 16.0. The molecule has 0 fully saturated rings. The summed E-state index contributed by atoms with van der Waals surface area (Å²) in [6, 6.07) is 6.03. The first-order valence-electron chi connectivity index (χ1n) is 5.16. The van der Waals surface area contributed by atoms with Crippen LogP contribution in [-0.4, -0.2) is 16.0 Å². The number of phenols is 1. The minimum Gasteiger partial charge on any atom is -0.508 e. The molecule has 2 rings (SSSR count). The van der Waals surface area contributed by atoms with Crippen LogP contribution in [0.1, 0.15) is 28.3 Å². The monoisotopic (exact) mass is 248 g/mol. The summed E-state index contributed by atoms with van der Waals surface area (Å²) in [6.07, 6.45) is 1.71. The molecule has 0 aliphatic carbocycles. The molecule has 2 N–H and O–H groups in total. The van der Waals surface area contributed by atoms with Crippen LogP contribution in [0.3, 0.4) is 0 Å². The van der Waals surface area contributed by atoms with Crippen molar-refractivity contribution in [1.82, 2.24) is 10.3 Å². The standard InChI is InChI=1S/C12H12N2O2S/c1-8(12-13-6-7-17-12)14-11(16)9-2-4-10(15)5-3-9/h2-8,15H,1H3,(H,14,16). The highest BCUT2D eigenvalue weighted by molar-refractivity contribution is 7.09. The van der Waals surface area contributed by atoms with Gasteiger partial charge in [0.1, 0.15) is 10.8 Å². The van der Waals surface area contributed by atoms with Crippen molar-refractivity contribution in [2.24, 2.45) is 0 Å². The maximum Gasteiger partial charge on any atom is 0.251 e. The maximum atomic E-state index is 11.8. The average molecular weight is 248 g/mol. The summed E-state index contributed by atoms with van der Waals surface area (Å²) in [5.74, 6) is -0.0257. The van der Waals surface area contributed by atoms with E-state index < -0.39 is 0 Å². The number of rotatable bonds is 3. The molecule has 0 radical (unpaired) electrons. The zero-order valence-corrected chi connectivity index (χ0v) is 10.1. The Morgan fingerprint density at radius 2 is 2.12 bits per heavy atom. The molecule has 2 aromatic rings. The van der Waals surface area contributed by atoms with E-state index in [0.29, 0.717) is 5.56 Å². The lowest BCUT2D eigenvalue weighted by atomic mass is 10.2. The Kier molecular flexibility index (Phi) is 3.39. The first kappa shape index (κ1) is 11.6. The predicted molar refractivity (Wildman–Crippen MR) is 66.1 cm³/mol. The Morgan fingerprint density at radius 3 is 2.71 bits per heavy atom. The van der Waals surface area contributed by atoms with E-state index in [4.69, 9.17) is 5.11 Å². The Hall–Kier alpha value is -1.88. The summed E-state index contributed by atoms with van der Waals surface area (Å²) < 4.78 is 0. The van der Waals surface area contributed by atoms with E-state index in [1.807, 2.05) is 12.3 Å². The minimum absolute atomic E-state index is 0.115. The van der Waals surface area contributed by atoms with Crippen molar-refractivity contribution in [3.8, 4) is 5.75 Å². The normalized spacial score (nSPS) is 12.1. The number of aromatic nitrogens is 1. The second-order valence-corrected chi connectivity index (χ2v) is 4.54. The van der Waals surface area contributed by atoms with Crippen LogP contribution >= 0.6 is 11.3 Å². The van der Waals surface area contributed by atoms with Crippen LogP contribution in [0.2, 0.25) is 0 Å². The van der Waals surface area contributed by atoms with Gasteiger partial charge in [-0.3, -0.25) is 4.79 Å². The van der Waals surface area contributed by atoms with Gasteiger partial charge >= 0.3 is 0 Å². The quantitative estimate of drug-likeness (QED) is 0.876. The van der Waals surface area contributed by atoms with Crippen molar-refractivity contribution in [3.63, 3.8) is 0 Å². The Labute approximate surface area is 103 Å². The van der Waals surface area contributed by atoms with E-state index in [9.17, 15) is 4.79 Å². The van der Waals surface area contributed by atoms with E-state index >= 15 is 0 Å². The molecule has 0 spiro atoms. The molecule has 1 heterocycles. The van der Waals surface area contributed by atoms with E-state index in [0.717, 1.165) is 5.01 Å². The molecule has 0 aliphatic rings. The van der Waals surface area contributed by atoms with Gasteiger partial charge < -0.3 is 10.4 Å². The lowest BCUT2D eigenvalue weighted by molar-refractivity contribution is 0.0940. The number of aromatic hydroxyl groups is 1. The van der Waals surface area contributed by atoms with Gasteiger partial charge in [-0.2, -0.15) is 0 Å². The second-order valence-electron chi connectivity index (χ2n) is 3.61. The molecule has 1 atom stereocenters. The number of benzene rings is 1. The van der Waals surface area contributed by atoms with Gasteiger partial charge in [0.05, 0.1) is 6.04 Å². The number of nitrogens with zero attached hydrogens (tertiary/aromatic N) is 1. The maximum absolute atomic E-state index is 11.8. The summed E-state index contributed by atoms with van der Waals surface area (Å²) in [5, 5.41) is 14.7. The summed E-state index contributed by atoms with van der Waals surface area (Å²) in [7, 11) is 0. The predicted octanol–water partition coefficient (Wildman–Crippen LogP) is 2.34. The number of amides is 1. The Balaban J connectivity index is 2.04. The molecule has 5 heteroatoms. The first-order chi connectivity index (χ1) is 8.16. The number of carbonyl (C=O) groups is 1. The highest BCUT2D eigenvalue weighted by Crippen LogP contribution is 2.16. The van der Waals surface area contributed by atoms with E-state index in [1.165, 1.54) is 23.5 Å². The fourth-order valence-electron chi connectivity index (χ4n) is 1.40. The molecule has 4 nitrogen and oxygen atoms in total. The molecule has 88 valence electrons. The Bertz CT molecular complexity index is 494. The number of nitrogens with one attached hydrogen (secondary N) is 1. The number of thiazole rings is 1. The number of hydrogen-bond donors (Lipinski definition) is 2. The van der Waals surface area contributed by atoms with Crippen molar-refractivity contribution in [3.05, 3.63) is 46.4 Å². The van der Waals surface area contributed by atoms with Gasteiger partial charge in [-0.25, -0.2) is 4.98 Å². The third kappa shape index (κ3) is 2.82. The van der Waals surface area contributed by atoms with Crippen LogP contribution in [0.5, 0.6) is 5.75 Å². The van der Waals surface area contributed by atoms with E-state index in [1.54, 1.807) is 18.3 Å². The van der Waals surface area contributed by atoms with Gasteiger partial charge in [0.25, 0.3) is 5.91 Å². The van der Waals surface area contributed by atoms with Gasteiger partial charge in [0.15, 0.2) is 0 Å². The number of hydrogen-bond acceptors (Lipinski definition) is 4. The molecule has 0 aliphatic heterocycles. The van der Waals surface area contributed by atoms with Crippen LogP contribution in [0, 0.1) is 0 Å². The van der Waals surface area contributed by atoms with Crippen molar-refractivity contribution in [2.45, 2.75) is 13.0 Å². The fraction of sp³-hybridized carbons (Fsp3) is 0.167. The van der Waals surface area contributed by atoms with Gasteiger partial charge in [-0.1, -0.05) is 0 Å². The van der Waals surface area contributed by atoms with E-state index in [-0.39, 0.29) is 17.7 Å². The number of carbonyl (C=O) groups excluding carboxylic acids is 1. The number of phenolic OH excluding ortho intramolecular Hbond substituents is 1. The summed E-state index contributed by atoms with van der Waals surface area (Å²) in [5.41, 5.74) is 0.520. The summed E-state index contributed by atoms with van der Waals surface area (Å²) in [6.45, 7) is 1.89. The van der Waals surface area contributed by atoms with Crippen molar-refractivity contribution in [2.75, 3.05) is 0 Å². The third-order valence-electron chi connectivity index (χ3n) is 2.30. The van der Waals surface area contributed by atoms with Gasteiger partial charge in [-0.05, 0) is 31.2 Å². The molecule has 1 aromatic heterocycles. The fourth-order valence-corrected chi connectivity index (χ4v) is 2.05. The molecule has 17 heavy (non-hydrogen) atoms. The molecule has 0 bridgehead atoms. The van der Waals surface area contributed by atoms with Crippen LogP contribution in [-0.2, 0) is 0 Å². The average Bonchev–Trinajstić information content (AvgIpc) is 2.83. The highest BCUT2D eigenvalue weighted by Gasteiger charge is 2.12. The molecule has 1 unspecified atom stereocenters. The zero-order chi connectivity index (χ0) is 12.3. The van der Waals surface area contributed by atoms with Crippen LogP contribution in [0.4, 0.5) is 0 Å². The topological polar surface area (TPSA) is 62.2 Å². The van der Waals surface area contributed by atoms with Crippen molar-refractivity contribution >= 4 is 17.2 Å². The lowest BCUT2D eigenvalue weighted by Crippen LogP contribution is -2.26. The molecule has 0 saturated carbocycles. The van der Waals surface area contributed by atoms with E-state index in [2.05, 4.69) is 10.3 Å². The minimum atomic E-state index is -0.173. The van der Waals surface area contributed by atoms with Crippen LogP contribution < -0.4 is 5.32 Å². The smallest absolute Gasteiger partial charge is 0.251 e. The Morgan fingerprint density at radius 1 is 1.41 bits per heavy atom. The van der Waals surface area contributed by atoms with Crippen LogP contribution in [0.15, 0.2) is 35.8 Å². The van der Waals surface area contributed by atoms with Crippen LogP contribution in [0.25, 0.3) is 0 Å². The summed E-state index contributed by atoms with van der Waals surface area (Å²) >= 11 is 1.50. The van der Waals surface area contributed by atoms with Gasteiger partial charge in [0, 0.05) is 17.1 Å². The first-order valence-corrected chi connectivity index (χ1v) is 6.04. The van der Waals surface area contributed by atoms with Gasteiger partial charge in [-0.15, -0.1) is 11.3 Å². The van der Waals surface area contributed by atoms with Crippen molar-refractivity contribution < 1.29 is 9.90 Å². The molecular weight excluding hydrogens is 236 g/mol. The molecule has 1 amide bonds. The SMILES string of the molecule is CC(NC(=O)c1ccc(O)cc1)c1nccs1. The highest BCUT2D eigenvalue weighted by atomic mass is 32.1. The molecule has 0 saturated heterocycles. The lowest BCUT2D eigenvalue weighted by Gasteiger charge is -2.11. The van der Waals surface area contributed by atoms with Gasteiger partial charge in [0.2, 0.25) is 0 Å². The third-order valence-corrected chi connectivity index (χ3v) is 3.26. The zero-order valence-electron chi connectivity index (χ0n) is 9.25. The molecule has 1 aromatic carbocycles. The second kappa shape index (κ2) is 4.97.